The van der Waals surface area contributed by atoms with Gasteiger partial charge in [-0.1, -0.05) is 17.7 Å². The monoisotopic (exact) mass is 355 g/mol. The van der Waals surface area contributed by atoms with Crippen molar-refractivity contribution in [2.24, 2.45) is 5.41 Å². The van der Waals surface area contributed by atoms with Crippen molar-refractivity contribution >= 4 is 23.5 Å². The van der Waals surface area contributed by atoms with Gasteiger partial charge in [0.1, 0.15) is 5.75 Å². The van der Waals surface area contributed by atoms with Crippen LogP contribution in [0.1, 0.15) is 26.7 Å². The Morgan fingerprint density at radius 3 is 2.62 bits per heavy atom. The molecule has 132 valence electrons. The molecule has 24 heavy (non-hydrogen) atoms. The number of hydrogen-bond acceptors (Lipinski definition) is 4. The van der Waals surface area contributed by atoms with Gasteiger partial charge in [0.25, 0.3) is 5.91 Å². The first-order chi connectivity index (χ1) is 11.3. The Bertz CT molecular complexity index is 611. The average Bonchev–Trinajstić information content (AvgIpc) is 2.53. The molecular formula is C17H22ClNO5. The van der Waals surface area contributed by atoms with Crippen molar-refractivity contribution in [3.8, 4) is 5.75 Å². The Labute approximate surface area is 146 Å². The fourth-order valence-corrected chi connectivity index (χ4v) is 2.74. The van der Waals surface area contributed by atoms with E-state index in [1.54, 1.807) is 38.1 Å². The van der Waals surface area contributed by atoms with Crippen LogP contribution in [0.3, 0.4) is 0 Å². The number of carbonyl (C=O) groups excluding carboxylic acids is 1. The van der Waals surface area contributed by atoms with Gasteiger partial charge in [-0.15, -0.1) is 0 Å². The van der Waals surface area contributed by atoms with E-state index in [2.05, 4.69) is 5.32 Å². The molecule has 0 unspecified atom stereocenters. The smallest absolute Gasteiger partial charge is 0.311 e. The maximum absolute atomic E-state index is 12.5. The molecule has 1 fully saturated rings. The summed E-state index contributed by atoms with van der Waals surface area (Å²) in [5, 5.41) is 12.7. The second-order valence-electron chi connectivity index (χ2n) is 6.45. The third kappa shape index (κ3) is 4.39. The second kappa shape index (κ2) is 7.40. The number of ether oxygens (including phenoxy) is 2. The molecule has 1 aromatic rings. The molecule has 0 radical (unpaired) electrons. The first kappa shape index (κ1) is 18.5. The van der Waals surface area contributed by atoms with Crippen LogP contribution in [-0.4, -0.2) is 42.3 Å². The third-order valence-corrected chi connectivity index (χ3v) is 4.44. The van der Waals surface area contributed by atoms with Gasteiger partial charge in [0.15, 0.2) is 5.60 Å². The standard InChI is InChI=1S/C17H22ClNO5/c1-16(2,24-13-5-3-4-12(18)10-13)14(20)19-11-17(15(21)22)6-8-23-9-7-17/h3-5,10H,6-9,11H2,1-2H3,(H,19,20)(H,21,22). The average molecular weight is 356 g/mol. The SMILES string of the molecule is CC(C)(Oc1cccc(Cl)c1)C(=O)NCC1(C(=O)O)CCOCC1. The molecule has 0 spiro atoms. The topological polar surface area (TPSA) is 84.9 Å². The number of carboxylic acid groups (broad SMARTS) is 1. The first-order valence-corrected chi connectivity index (χ1v) is 8.17. The summed E-state index contributed by atoms with van der Waals surface area (Å²) in [5.74, 6) is -0.823. The highest BCUT2D eigenvalue weighted by Gasteiger charge is 2.41. The van der Waals surface area contributed by atoms with Gasteiger partial charge >= 0.3 is 5.97 Å². The van der Waals surface area contributed by atoms with Crippen LogP contribution >= 0.6 is 11.6 Å². The normalized spacial score (nSPS) is 17.1. The fourth-order valence-electron chi connectivity index (χ4n) is 2.56. The summed E-state index contributed by atoms with van der Waals surface area (Å²) in [6, 6.07) is 6.77. The number of rotatable bonds is 6. The highest BCUT2D eigenvalue weighted by Crippen LogP contribution is 2.30. The number of carboxylic acids is 1. The van der Waals surface area contributed by atoms with Gasteiger partial charge < -0.3 is 19.9 Å². The second-order valence-corrected chi connectivity index (χ2v) is 6.89. The highest BCUT2D eigenvalue weighted by atomic mass is 35.5. The van der Waals surface area contributed by atoms with Gasteiger partial charge in [-0.3, -0.25) is 9.59 Å². The van der Waals surface area contributed by atoms with E-state index in [-0.39, 0.29) is 12.5 Å². The van der Waals surface area contributed by atoms with Crippen molar-refractivity contribution in [3.63, 3.8) is 0 Å². The zero-order chi connectivity index (χ0) is 17.8. The lowest BCUT2D eigenvalue weighted by atomic mass is 9.80. The molecule has 1 aliphatic rings. The van der Waals surface area contributed by atoms with Gasteiger partial charge in [-0.05, 0) is 44.9 Å². The quantitative estimate of drug-likeness (QED) is 0.819. The lowest BCUT2D eigenvalue weighted by Gasteiger charge is -2.34. The Morgan fingerprint density at radius 1 is 1.38 bits per heavy atom. The Balaban J connectivity index is 2.00. The maximum atomic E-state index is 12.5. The van der Waals surface area contributed by atoms with Crippen LogP contribution in [0.4, 0.5) is 0 Å². The number of hydrogen-bond donors (Lipinski definition) is 2. The number of carbonyl (C=O) groups is 2. The van der Waals surface area contributed by atoms with Crippen LogP contribution in [0.2, 0.25) is 5.02 Å². The molecule has 7 heteroatoms. The molecule has 6 nitrogen and oxygen atoms in total. The van der Waals surface area contributed by atoms with E-state index < -0.39 is 17.0 Å². The largest absolute Gasteiger partial charge is 0.481 e. The van der Waals surface area contributed by atoms with Gasteiger partial charge in [0.05, 0.1) is 5.41 Å². The van der Waals surface area contributed by atoms with Crippen molar-refractivity contribution in [2.45, 2.75) is 32.3 Å². The van der Waals surface area contributed by atoms with Crippen LogP contribution in [0, 0.1) is 5.41 Å². The molecule has 0 atom stereocenters. The van der Waals surface area contributed by atoms with E-state index in [0.717, 1.165) is 0 Å². The Morgan fingerprint density at radius 2 is 2.04 bits per heavy atom. The Kier molecular flexibility index (Phi) is 5.72. The third-order valence-electron chi connectivity index (χ3n) is 4.21. The van der Waals surface area contributed by atoms with Gasteiger partial charge in [-0.25, -0.2) is 0 Å². The highest BCUT2D eigenvalue weighted by molar-refractivity contribution is 6.30. The van der Waals surface area contributed by atoms with Crippen LogP contribution in [0.5, 0.6) is 5.75 Å². The van der Waals surface area contributed by atoms with E-state index >= 15 is 0 Å². The van der Waals surface area contributed by atoms with Crippen LogP contribution in [0.15, 0.2) is 24.3 Å². The minimum Gasteiger partial charge on any atom is -0.481 e. The molecule has 0 aromatic heterocycles. The molecule has 2 N–H and O–H groups in total. The van der Waals surface area contributed by atoms with Crippen LogP contribution in [0.25, 0.3) is 0 Å². The van der Waals surface area contributed by atoms with E-state index in [4.69, 9.17) is 21.1 Å². The summed E-state index contributed by atoms with van der Waals surface area (Å²) in [6.45, 7) is 4.06. The summed E-state index contributed by atoms with van der Waals surface area (Å²) < 4.78 is 10.9. The van der Waals surface area contributed by atoms with Gasteiger partial charge in [0, 0.05) is 24.8 Å². The van der Waals surface area contributed by atoms with E-state index in [0.29, 0.717) is 36.8 Å². The minimum atomic E-state index is -1.16. The van der Waals surface area contributed by atoms with Crippen LogP contribution < -0.4 is 10.1 Å². The van der Waals surface area contributed by atoms with Gasteiger partial charge in [-0.2, -0.15) is 0 Å². The number of benzene rings is 1. The van der Waals surface area contributed by atoms with Crippen molar-refractivity contribution < 1.29 is 24.2 Å². The van der Waals surface area contributed by atoms with Crippen molar-refractivity contribution in [1.82, 2.24) is 5.32 Å². The Hall–Kier alpha value is -1.79. The lowest BCUT2D eigenvalue weighted by Crippen LogP contribution is -2.52. The molecule has 1 amide bonds. The summed E-state index contributed by atoms with van der Waals surface area (Å²) in [4.78, 5) is 24.1. The number of aliphatic carboxylic acids is 1. The number of halogens is 1. The zero-order valence-electron chi connectivity index (χ0n) is 13.8. The maximum Gasteiger partial charge on any atom is 0.311 e. The molecule has 2 rings (SSSR count). The van der Waals surface area contributed by atoms with Crippen molar-refractivity contribution in [1.29, 1.82) is 0 Å². The molecule has 0 saturated carbocycles. The molecule has 0 bridgehead atoms. The molecule has 0 aliphatic carbocycles. The molecule has 1 saturated heterocycles. The van der Waals surface area contributed by atoms with Crippen molar-refractivity contribution in [2.75, 3.05) is 19.8 Å². The van der Waals surface area contributed by atoms with Crippen molar-refractivity contribution in [3.05, 3.63) is 29.3 Å². The number of amides is 1. The summed E-state index contributed by atoms with van der Waals surface area (Å²) >= 11 is 5.91. The molecule has 1 heterocycles. The molecular weight excluding hydrogens is 334 g/mol. The summed E-state index contributed by atoms with van der Waals surface area (Å²) in [5.41, 5.74) is -2.14. The minimum absolute atomic E-state index is 0.0485. The molecule has 1 aliphatic heterocycles. The fraction of sp³-hybridized carbons (Fsp3) is 0.529. The summed E-state index contributed by atoms with van der Waals surface area (Å²) in [7, 11) is 0. The lowest BCUT2D eigenvalue weighted by molar-refractivity contribution is -0.155. The van der Waals surface area contributed by atoms with Crippen LogP contribution in [-0.2, 0) is 14.3 Å². The predicted molar refractivity (Wildman–Crippen MR) is 89.3 cm³/mol. The zero-order valence-corrected chi connectivity index (χ0v) is 14.6. The van der Waals surface area contributed by atoms with E-state index in [1.165, 1.54) is 0 Å². The molecule has 1 aromatic carbocycles. The van der Waals surface area contributed by atoms with E-state index in [9.17, 15) is 14.7 Å². The number of nitrogens with one attached hydrogen (secondary N) is 1. The summed E-state index contributed by atoms with van der Waals surface area (Å²) in [6.07, 6.45) is 0.746. The van der Waals surface area contributed by atoms with E-state index in [1.807, 2.05) is 0 Å². The predicted octanol–water partition coefficient (Wildman–Crippen LogP) is 2.50. The first-order valence-electron chi connectivity index (χ1n) is 7.79. The van der Waals surface area contributed by atoms with Gasteiger partial charge in [0.2, 0.25) is 0 Å².